The number of anilines is 2. The van der Waals surface area contributed by atoms with E-state index in [1.54, 1.807) is 36.4 Å². The quantitative estimate of drug-likeness (QED) is 0.371. The first-order valence-corrected chi connectivity index (χ1v) is 13.5. The fourth-order valence-corrected chi connectivity index (χ4v) is 5.93. The molecule has 0 saturated carbocycles. The van der Waals surface area contributed by atoms with Gasteiger partial charge in [-0.2, -0.15) is 5.26 Å². The van der Waals surface area contributed by atoms with Crippen LogP contribution in [0.4, 0.5) is 15.8 Å². The van der Waals surface area contributed by atoms with Crippen LogP contribution >= 0.6 is 0 Å². The van der Waals surface area contributed by atoms with Gasteiger partial charge in [-0.05, 0) is 84.6 Å². The lowest BCUT2D eigenvalue weighted by Gasteiger charge is -2.42. The molecule has 37 heavy (non-hydrogen) atoms. The molecule has 6 nitrogen and oxygen atoms in total. The van der Waals surface area contributed by atoms with Crippen molar-refractivity contribution < 1.29 is 8.60 Å². The summed E-state index contributed by atoms with van der Waals surface area (Å²) >= 11 is 0. The van der Waals surface area contributed by atoms with E-state index in [1.807, 2.05) is 16.4 Å². The highest BCUT2D eigenvalue weighted by Crippen LogP contribution is 2.34. The van der Waals surface area contributed by atoms with E-state index in [1.165, 1.54) is 18.3 Å². The Hall–Kier alpha value is -3.38. The molecule has 2 N–H and O–H groups in total. The average molecular weight is 518 g/mol. The molecule has 0 aliphatic carbocycles. The van der Waals surface area contributed by atoms with Gasteiger partial charge in [-0.1, -0.05) is 13.8 Å². The minimum atomic E-state index is -1.34. The van der Waals surface area contributed by atoms with Crippen molar-refractivity contribution in [1.29, 1.82) is 10.7 Å². The van der Waals surface area contributed by atoms with E-state index in [0.717, 1.165) is 41.2 Å². The van der Waals surface area contributed by atoms with Crippen LogP contribution in [0.1, 0.15) is 42.1 Å². The smallest absolute Gasteiger partial charge is 0.127 e. The molecular weight excluding hydrogens is 485 g/mol. The number of aryl methyl sites for hydroxylation is 1. The number of nitrogens with zero attached hydrogens (tertiary/aromatic N) is 3. The molecule has 0 bridgehead atoms. The van der Waals surface area contributed by atoms with Gasteiger partial charge < -0.3 is 10.7 Å². The lowest BCUT2D eigenvalue weighted by atomic mass is 9.94. The molecular formula is C29H32FN5OS. The topological polar surface area (TPSA) is 83.2 Å². The Kier molecular flexibility index (Phi) is 8.49. The van der Waals surface area contributed by atoms with E-state index >= 15 is 0 Å². The van der Waals surface area contributed by atoms with Crippen molar-refractivity contribution in [3.63, 3.8) is 0 Å². The molecule has 0 spiro atoms. The summed E-state index contributed by atoms with van der Waals surface area (Å²) in [4.78, 5) is 3.13. The molecule has 1 fully saturated rings. The van der Waals surface area contributed by atoms with Crippen LogP contribution in [0.15, 0.2) is 65.6 Å². The molecule has 1 saturated heterocycles. The second-order valence-electron chi connectivity index (χ2n) is 9.75. The Labute approximate surface area is 220 Å². The average Bonchev–Trinajstić information content (AvgIpc) is 2.90. The monoisotopic (exact) mass is 517 g/mol. The summed E-state index contributed by atoms with van der Waals surface area (Å²) in [5, 5.41) is 20.5. The summed E-state index contributed by atoms with van der Waals surface area (Å²) in [6.45, 7) is 9.41. The first kappa shape index (κ1) is 26.7. The molecule has 1 aliphatic heterocycles. The molecule has 3 aromatic rings. The van der Waals surface area contributed by atoms with Crippen molar-refractivity contribution in [2.75, 3.05) is 31.5 Å². The summed E-state index contributed by atoms with van der Waals surface area (Å²) in [5.41, 5.74) is 4.99. The highest BCUT2D eigenvalue weighted by Gasteiger charge is 2.32. The third-order valence-corrected chi connectivity index (χ3v) is 8.03. The third kappa shape index (κ3) is 6.31. The van der Waals surface area contributed by atoms with Gasteiger partial charge in [-0.3, -0.25) is 4.90 Å². The van der Waals surface area contributed by atoms with Gasteiger partial charge in [0.1, 0.15) is 16.8 Å². The Morgan fingerprint density at radius 3 is 2.49 bits per heavy atom. The predicted molar refractivity (Wildman–Crippen MR) is 147 cm³/mol. The first-order valence-electron chi connectivity index (χ1n) is 12.4. The highest BCUT2D eigenvalue weighted by molar-refractivity contribution is 7.82. The Balaban J connectivity index is 1.64. The molecule has 1 heterocycles. The van der Waals surface area contributed by atoms with Gasteiger partial charge in [-0.15, -0.1) is 0 Å². The first-order chi connectivity index (χ1) is 17.8. The van der Waals surface area contributed by atoms with Crippen molar-refractivity contribution in [3.8, 4) is 6.07 Å². The number of rotatable bonds is 8. The minimum Gasteiger partial charge on any atom is -0.355 e. The molecule has 4 rings (SSSR count). The van der Waals surface area contributed by atoms with Crippen LogP contribution in [0, 0.1) is 35.4 Å². The normalized spacial score (nSPS) is 17.4. The van der Waals surface area contributed by atoms with Gasteiger partial charge in [0.05, 0.1) is 16.5 Å². The Morgan fingerprint density at radius 1 is 1.16 bits per heavy atom. The van der Waals surface area contributed by atoms with Gasteiger partial charge in [0.25, 0.3) is 0 Å². The lowest BCUT2D eigenvalue weighted by Crippen LogP contribution is -2.50. The lowest BCUT2D eigenvalue weighted by molar-refractivity contribution is 0.107. The number of hydrogen-bond donors (Lipinski definition) is 2. The zero-order valence-electron chi connectivity index (χ0n) is 21.4. The van der Waals surface area contributed by atoms with E-state index in [-0.39, 0.29) is 11.9 Å². The number of halogens is 1. The summed E-state index contributed by atoms with van der Waals surface area (Å²) in [6.07, 6.45) is 1.33. The number of nitrogens with one attached hydrogen (secondary N) is 2. The molecule has 0 amide bonds. The fourth-order valence-electron chi connectivity index (χ4n) is 4.74. The number of piperazine rings is 1. The Bertz CT molecular complexity index is 1320. The zero-order chi connectivity index (χ0) is 26.5. The molecule has 2 atom stereocenters. The van der Waals surface area contributed by atoms with Crippen LogP contribution in [0.5, 0.6) is 0 Å². The van der Waals surface area contributed by atoms with E-state index in [4.69, 9.17) is 10.7 Å². The van der Waals surface area contributed by atoms with E-state index in [0.29, 0.717) is 29.5 Å². The molecule has 192 valence electrons. The number of benzene rings is 3. The van der Waals surface area contributed by atoms with Crippen molar-refractivity contribution >= 4 is 28.6 Å². The maximum Gasteiger partial charge on any atom is 0.127 e. The van der Waals surface area contributed by atoms with Crippen molar-refractivity contribution in [3.05, 3.63) is 88.7 Å². The van der Waals surface area contributed by atoms with Gasteiger partial charge in [0.2, 0.25) is 0 Å². The molecule has 1 aliphatic rings. The molecule has 0 aromatic heterocycles. The third-order valence-electron chi connectivity index (χ3n) is 6.55. The minimum absolute atomic E-state index is 0.0112. The van der Waals surface area contributed by atoms with Crippen LogP contribution in [0.25, 0.3) is 0 Å². The second-order valence-corrected chi connectivity index (χ2v) is 11.2. The maximum atomic E-state index is 13.5. The molecule has 2 unspecified atom stereocenters. The molecule has 0 radical (unpaired) electrons. The SMILES string of the molecule is Cc1cc(Nc2ccc(F)cc2)c(C=N)cc1C1CN(S(=O)c2ccc(C#N)cc2)CCN1CC(C)C. The zero-order valence-corrected chi connectivity index (χ0v) is 22.2. The van der Waals surface area contributed by atoms with Crippen molar-refractivity contribution in [2.24, 2.45) is 5.92 Å². The Morgan fingerprint density at radius 2 is 1.86 bits per heavy atom. The van der Waals surface area contributed by atoms with Crippen molar-refractivity contribution in [2.45, 2.75) is 31.7 Å². The van der Waals surface area contributed by atoms with Gasteiger partial charge in [0, 0.05) is 55.4 Å². The number of nitriles is 1. The molecule has 8 heteroatoms. The van der Waals surface area contributed by atoms with E-state index in [9.17, 15) is 8.60 Å². The summed E-state index contributed by atoms with van der Waals surface area (Å²) in [5.74, 6) is 0.176. The van der Waals surface area contributed by atoms with Crippen LogP contribution in [-0.2, 0) is 11.0 Å². The van der Waals surface area contributed by atoms with Gasteiger partial charge in [0.15, 0.2) is 0 Å². The maximum absolute atomic E-state index is 13.5. The predicted octanol–water partition coefficient (Wildman–Crippen LogP) is 5.78. The summed E-state index contributed by atoms with van der Waals surface area (Å²) < 4.78 is 28.8. The van der Waals surface area contributed by atoms with Crippen LogP contribution in [0.2, 0.25) is 0 Å². The standard InChI is InChI=1S/C29H32FN5OS/c1-20(2)18-34-12-13-35(37(36)26-10-4-22(16-31)5-11-26)19-29(34)27-15-23(17-32)28(14-21(27)3)33-25-8-6-24(30)7-9-25/h4-11,14-15,17,20,29,32-33H,12-13,18-19H2,1-3H3. The molecule has 3 aromatic carbocycles. The van der Waals surface area contributed by atoms with Crippen LogP contribution in [0.3, 0.4) is 0 Å². The van der Waals surface area contributed by atoms with Crippen molar-refractivity contribution in [1.82, 2.24) is 9.21 Å². The highest BCUT2D eigenvalue weighted by atomic mass is 32.2. The van der Waals surface area contributed by atoms with Gasteiger partial charge >= 0.3 is 0 Å². The van der Waals surface area contributed by atoms with E-state index < -0.39 is 11.0 Å². The summed E-state index contributed by atoms with van der Waals surface area (Å²) in [7, 11) is -1.34. The largest absolute Gasteiger partial charge is 0.355 e. The fraction of sp³-hybridized carbons (Fsp3) is 0.310. The van der Waals surface area contributed by atoms with Gasteiger partial charge in [-0.25, -0.2) is 12.9 Å². The second kappa shape index (κ2) is 11.8. The van der Waals surface area contributed by atoms with Crippen LogP contribution in [-0.4, -0.2) is 45.8 Å². The number of hydrogen-bond acceptors (Lipinski definition) is 5. The summed E-state index contributed by atoms with van der Waals surface area (Å²) in [6, 6.07) is 19.3. The van der Waals surface area contributed by atoms with E-state index in [2.05, 4.69) is 37.1 Å². The van der Waals surface area contributed by atoms with Crippen LogP contribution < -0.4 is 5.32 Å².